The lowest BCUT2D eigenvalue weighted by molar-refractivity contribution is 1.32. The summed E-state index contributed by atoms with van der Waals surface area (Å²) in [5, 5.41) is 0. The van der Waals surface area contributed by atoms with Gasteiger partial charge in [0.2, 0.25) is 0 Å². The van der Waals surface area contributed by atoms with E-state index in [0.29, 0.717) is 0 Å². The molecule has 0 radical (unpaired) electrons. The van der Waals surface area contributed by atoms with E-state index < -0.39 is 0 Å². The second-order valence-corrected chi connectivity index (χ2v) is 2.51. The highest BCUT2D eigenvalue weighted by Gasteiger charge is 1.92. The molecule has 0 heterocycles. The summed E-state index contributed by atoms with van der Waals surface area (Å²) in [7, 11) is 0. The van der Waals surface area contributed by atoms with Crippen LogP contribution in [0.1, 0.15) is 20.8 Å². The SMILES string of the molecule is C=C(C)N=C(/C=C\C)C(=C)C. The third-order valence-corrected chi connectivity index (χ3v) is 1.07. The van der Waals surface area contributed by atoms with Gasteiger partial charge in [0, 0.05) is 5.70 Å². The Kier molecular flexibility index (Phi) is 4.20. The van der Waals surface area contributed by atoms with Crippen molar-refractivity contribution in [2.45, 2.75) is 20.8 Å². The molecule has 0 aliphatic rings. The van der Waals surface area contributed by atoms with Gasteiger partial charge in [0.05, 0.1) is 5.71 Å². The van der Waals surface area contributed by atoms with E-state index in [1.165, 1.54) is 0 Å². The molecular formula is C10H15N. The molecule has 0 rings (SSSR count). The Bertz CT molecular complexity index is 219. The highest BCUT2D eigenvalue weighted by molar-refractivity contribution is 6.07. The van der Waals surface area contributed by atoms with Crippen LogP contribution in [0.5, 0.6) is 0 Å². The second-order valence-electron chi connectivity index (χ2n) is 2.51. The van der Waals surface area contributed by atoms with Crippen LogP contribution in [-0.2, 0) is 0 Å². The first kappa shape index (κ1) is 9.89. The van der Waals surface area contributed by atoms with Crippen LogP contribution in [-0.4, -0.2) is 5.71 Å². The van der Waals surface area contributed by atoms with Gasteiger partial charge < -0.3 is 0 Å². The lowest BCUT2D eigenvalue weighted by Crippen LogP contribution is -1.93. The van der Waals surface area contributed by atoms with Crippen molar-refractivity contribution in [1.82, 2.24) is 0 Å². The second kappa shape index (κ2) is 4.67. The van der Waals surface area contributed by atoms with Crippen molar-refractivity contribution in [2.75, 3.05) is 0 Å². The van der Waals surface area contributed by atoms with Crippen LogP contribution < -0.4 is 0 Å². The molecule has 0 saturated heterocycles. The van der Waals surface area contributed by atoms with Crippen LogP contribution in [0.2, 0.25) is 0 Å². The largest absolute Gasteiger partial charge is 0.254 e. The Balaban J connectivity index is 4.59. The number of rotatable bonds is 3. The molecule has 0 fully saturated rings. The van der Waals surface area contributed by atoms with Crippen molar-refractivity contribution in [1.29, 1.82) is 0 Å². The summed E-state index contributed by atoms with van der Waals surface area (Å²) < 4.78 is 0. The number of hydrogen-bond donors (Lipinski definition) is 0. The van der Waals surface area contributed by atoms with Gasteiger partial charge in [-0.15, -0.1) is 0 Å². The molecule has 0 aliphatic heterocycles. The van der Waals surface area contributed by atoms with Crippen molar-refractivity contribution >= 4 is 5.71 Å². The molecule has 0 aromatic rings. The Morgan fingerprint density at radius 2 is 1.82 bits per heavy atom. The van der Waals surface area contributed by atoms with Crippen molar-refractivity contribution in [3.63, 3.8) is 0 Å². The van der Waals surface area contributed by atoms with Gasteiger partial charge in [-0.05, 0) is 32.4 Å². The fourth-order valence-electron chi connectivity index (χ4n) is 0.638. The zero-order valence-electron chi connectivity index (χ0n) is 7.52. The Morgan fingerprint density at radius 3 is 2.09 bits per heavy atom. The summed E-state index contributed by atoms with van der Waals surface area (Å²) in [6.45, 7) is 13.3. The Hall–Kier alpha value is -1.11. The van der Waals surface area contributed by atoms with E-state index in [4.69, 9.17) is 0 Å². The van der Waals surface area contributed by atoms with E-state index in [-0.39, 0.29) is 0 Å². The first-order valence-corrected chi connectivity index (χ1v) is 3.60. The zero-order valence-corrected chi connectivity index (χ0v) is 7.52. The van der Waals surface area contributed by atoms with Crippen molar-refractivity contribution in [2.24, 2.45) is 4.99 Å². The predicted molar refractivity (Wildman–Crippen MR) is 51.9 cm³/mol. The molecule has 1 nitrogen and oxygen atoms in total. The molecule has 0 aromatic carbocycles. The van der Waals surface area contributed by atoms with Gasteiger partial charge in [-0.3, -0.25) is 4.99 Å². The Labute approximate surface area is 68.9 Å². The maximum atomic E-state index is 4.20. The fourth-order valence-corrected chi connectivity index (χ4v) is 0.638. The highest BCUT2D eigenvalue weighted by Crippen LogP contribution is 2.00. The number of aliphatic imine (C=N–C) groups is 1. The Morgan fingerprint density at radius 1 is 1.27 bits per heavy atom. The van der Waals surface area contributed by atoms with Gasteiger partial charge in [0.25, 0.3) is 0 Å². The molecule has 60 valence electrons. The molecule has 0 unspecified atom stereocenters. The highest BCUT2D eigenvalue weighted by atomic mass is 14.7. The van der Waals surface area contributed by atoms with Gasteiger partial charge in [0.1, 0.15) is 0 Å². The van der Waals surface area contributed by atoms with Gasteiger partial charge in [-0.2, -0.15) is 0 Å². The molecule has 0 saturated carbocycles. The van der Waals surface area contributed by atoms with E-state index in [0.717, 1.165) is 17.0 Å². The predicted octanol–water partition coefficient (Wildman–Crippen LogP) is 3.11. The van der Waals surface area contributed by atoms with E-state index in [1.54, 1.807) is 0 Å². The summed E-state index contributed by atoms with van der Waals surface area (Å²) >= 11 is 0. The van der Waals surface area contributed by atoms with Crippen LogP contribution in [0.4, 0.5) is 0 Å². The molecule has 0 N–H and O–H groups in total. The average molecular weight is 149 g/mol. The normalized spacial score (nSPS) is 12.1. The van der Waals surface area contributed by atoms with Crippen LogP contribution in [0.15, 0.2) is 41.6 Å². The third-order valence-electron chi connectivity index (χ3n) is 1.07. The van der Waals surface area contributed by atoms with Gasteiger partial charge >= 0.3 is 0 Å². The van der Waals surface area contributed by atoms with Crippen molar-refractivity contribution in [3.8, 4) is 0 Å². The quantitative estimate of drug-likeness (QED) is 0.547. The lowest BCUT2D eigenvalue weighted by atomic mass is 10.2. The minimum Gasteiger partial charge on any atom is -0.254 e. The maximum Gasteiger partial charge on any atom is 0.0652 e. The molecule has 0 amide bonds. The van der Waals surface area contributed by atoms with Gasteiger partial charge in [0.15, 0.2) is 0 Å². The van der Waals surface area contributed by atoms with Gasteiger partial charge in [-0.1, -0.05) is 19.2 Å². The summed E-state index contributed by atoms with van der Waals surface area (Å²) in [4.78, 5) is 4.20. The first-order valence-electron chi connectivity index (χ1n) is 3.60. The molecule has 1 heteroatoms. The van der Waals surface area contributed by atoms with Gasteiger partial charge in [-0.25, -0.2) is 0 Å². The first-order chi connectivity index (χ1) is 5.07. The molecule has 11 heavy (non-hydrogen) atoms. The smallest absolute Gasteiger partial charge is 0.0652 e. The topological polar surface area (TPSA) is 12.4 Å². The van der Waals surface area contributed by atoms with E-state index in [1.807, 2.05) is 32.9 Å². The molecule has 0 aliphatic carbocycles. The number of allylic oxidation sites excluding steroid dienone is 4. The third kappa shape index (κ3) is 4.31. The molecule has 0 bridgehead atoms. The molecule has 0 atom stereocenters. The maximum absolute atomic E-state index is 4.20. The van der Waals surface area contributed by atoms with E-state index in [2.05, 4.69) is 18.2 Å². The van der Waals surface area contributed by atoms with Crippen LogP contribution in [0.3, 0.4) is 0 Å². The minimum absolute atomic E-state index is 0.807. The van der Waals surface area contributed by atoms with Crippen LogP contribution >= 0.6 is 0 Å². The summed E-state index contributed by atoms with van der Waals surface area (Å²) in [6, 6.07) is 0. The fraction of sp³-hybridized carbons (Fsp3) is 0.300. The molecule has 0 spiro atoms. The minimum atomic E-state index is 0.807. The zero-order chi connectivity index (χ0) is 8.85. The standard InChI is InChI=1S/C10H15N/c1-6-7-10(8(2)3)11-9(4)5/h6-7H,2,4H2,1,3,5H3/b7-6-,11-10?. The number of hydrogen-bond acceptors (Lipinski definition) is 1. The van der Waals surface area contributed by atoms with Crippen LogP contribution in [0.25, 0.3) is 0 Å². The van der Waals surface area contributed by atoms with E-state index in [9.17, 15) is 0 Å². The summed E-state index contributed by atoms with van der Waals surface area (Å²) in [5.41, 5.74) is 2.67. The summed E-state index contributed by atoms with van der Waals surface area (Å²) in [6.07, 6.45) is 3.87. The van der Waals surface area contributed by atoms with E-state index >= 15 is 0 Å². The van der Waals surface area contributed by atoms with Crippen molar-refractivity contribution < 1.29 is 0 Å². The number of nitrogens with zero attached hydrogens (tertiary/aromatic N) is 1. The summed E-state index contributed by atoms with van der Waals surface area (Å²) in [5.74, 6) is 0. The molecular weight excluding hydrogens is 134 g/mol. The van der Waals surface area contributed by atoms with Crippen molar-refractivity contribution in [3.05, 3.63) is 36.6 Å². The lowest BCUT2D eigenvalue weighted by Gasteiger charge is -1.98. The average Bonchev–Trinajstić information content (AvgIpc) is 1.86. The molecule has 0 aromatic heterocycles. The van der Waals surface area contributed by atoms with Crippen LogP contribution in [0, 0.1) is 0 Å². The monoisotopic (exact) mass is 149 g/mol.